The van der Waals surface area contributed by atoms with E-state index >= 15 is 0 Å². The van der Waals surface area contributed by atoms with E-state index in [1.807, 2.05) is 30.5 Å². The van der Waals surface area contributed by atoms with Gasteiger partial charge in [-0.2, -0.15) is 0 Å². The number of nitrogens with one attached hydrogen (secondary N) is 1. The van der Waals surface area contributed by atoms with Gasteiger partial charge in [-0.05, 0) is 28.8 Å². The molecule has 1 N–H and O–H groups in total. The molecule has 6 heteroatoms. The van der Waals surface area contributed by atoms with E-state index in [1.54, 1.807) is 30.3 Å². The molecular formula is C24H26N4OS. The molecule has 2 aromatic carbocycles. The maximum absolute atomic E-state index is 12.1. The number of fused-ring (bicyclic) bond motifs is 2. The van der Waals surface area contributed by atoms with E-state index in [4.69, 9.17) is 0 Å². The Morgan fingerprint density at radius 2 is 1.70 bits per heavy atom. The summed E-state index contributed by atoms with van der Waals surface area (Å²) >= 11 is 1.74. The number of hydrogen-bond acceptors (Lipinski definition) is 5. The summed E-state index contributed by atoms with van der Waals surface area (Å²) in [5.41, 5.74) is 4.46. The molecule has 1 amide bonds. The molecule has 0 aliphatic carbocycles. The summed E-state index contributed by atoms with van der Waals surface area (Å²) in [7, 11) is 3.55. The first-order valence-corrected chi connectivity index (χ1v) is 11.3. The van der Waals surface area contributed by atoms with Gasteiger partial charge in [0.05, 0.1) is 6.54 Å². The number of aromatic nitrogens is 1. The number of hydrogen-bond donors (Lipinski definition) is 1. The first-order valence-electron chi connectivity index (χ1n) is 10.4. The highest BCUT2D eigenvalue weighted by molar-refractivity contribution is 7.09. The van der Waals surface area contributed by atoms with Crippen molar-refractivity contribution >= 4 is 17.2 Å². The third kappa shape index (κ3) is 3.67. The minimum Gasteiger partial charge on any atom is -0.345 e. The lowest BCUT2D eigenvalue weighted by Gasteiger charge is -2.54. The molecule has 5 nitrogen and oxygen atoms in total. The van der Waals surface area contributed by atoms with Crippen molar-refractivity contribution in [3.05, 3.63) is 76.2 Å². The maximum Gasteiger partial charge on any atom is 0.253 e. The number of nitrogens with zero attached hydrogens (tertiary/aromatic N) is 3. The number of carbonyl (C=O) groups excluding carboxylic acids is 1. The van der Waals surface area contributed by atoms with Crippen LogP contribution >= 0.6 is 11.3 Å². The first-order chi connectivity index (χ1) is 14.6. The lowest BCUT2D eigenvalue weighted by molar-refractivity contribution is 0.0470. The molecule has 3 aliphatic heterocycles. The van der Waals surface area contributed by atoms with Crippen LogP contribution in [0.5, 0.6) is 0 Å². The van der Waals surface area contributed by atoms with E-state index in [2.05, 4.69) is 44.8 Å². The van der Waals surface area contributed by atoms with E-state index in [-0.39, 0.29) is 5.91 Å². The van der Waals surface area contributed by atoms with Crippen LogP contribution in [-0.4, -0.2) is 60.0 Å². The molecule has 4 heterocycles. The van der Waals surface area contributed by atoms with Crippen LogP contribution in [0, 0.1) is 0 Å². The van der Waals surface area contributed by atoms with E-state index in [9.17, 15) is 4.79 Å². The molecule has 2 bridgehead atoms. The summed E-state index contributed by atoms with van der Waals surface area (Å²) in [6.07, 6.45) is 1.89. The minimum absolute atomic E-state index is 0.0322. The number of benzene rings is 2. The number of carbonyl (C=O) groups is 1. The van der Waals surface area contributed by atoms with Gasteiger partial charge in [-0.15, -0.1) is 11.3 Å². The largest absolute Gasteiger partial charge is 0.345 e. The van der Waals surface area contributed by atoms with Crippen LogP contribution in [0.25, 0.3) is 11.1 Å². The van der Waals surface area contributed by atoms with Crippen molar-refractivity contribution in [2.75, 3.05) is 27.2 Å². The molecule has 0 radical (unpaired) electrons. The van der Waals surface area contributed by atoms with E-state index in [1.165, 1.54) is 16.1 Å². The van der Waals surface area contributed by atoms with Crippen LogP contribution in [0.1, 0.15) is 26.8 Å². The van der Waals surface area contributed by atoms with Gasteiger partial charge in [0, 0.05) is 62.3 Å². The van der Waals surface area contributed by atoms with Gasteiger partial charge < -0.3 is 10.2 Å². The quantitative estimate of drug-likeness (QED) is 0.690. The highest BCUT2D eigenvalue weighted by Gasteiger charge is 2.46. The lowest BCUT2D eigenvalue weighted by atomic mass is 9.74. The zero-order chi connectivity index (χ0) is 20.7. The standard InChI is InChI=1S/C24H26N4OS/c1-27(2)24(29)19-9-5-17(6-10-19)16-3-7-18(8-4-16)23-20-13-28(14-21(23)26-20)15-22-25-11-12-30-22/h3-12,20-21,23,26H,13-15H2,1-2H3/t20-,21+,23?. The molecule has 0 spiro atoms. The Bertz CT molecular complexity index is 1000. The highest BCUT2D eigenvalue weighted by Crippen LogP contribution is 2.38. The van der Waals surface area contributed by atoms with Gasteiger partial charge in [-0.1, -0.05) is 36.4 Å². The van der Waals surface area contributed by atoms with Crippen molar-refractivity contribution in [3.8, 4) is 11.1 Å². The maximum atomic E-state index is 12.1. The molecule has 3 aliphatic rings. The fraction of sp³-hybridized carbons (Fsp3) is 0.333. The van der Waals surface area contributed by atoms with Gasteiger partial charge in [0.25, 0.3) is 5.91 Å². The second-order valence-electron chi connectivity index (χ2n) is 8.42. The van der Waals surface area contributed by atoms with Crippen molar-refractivity contribution in [3.63, 3.8) is 0 Å². The van der Waals surface area contributed by atoms with Crippen molar-refractivity contribution in [2.24, 2.45) is 0 Å². The number of thiazole rings is 1. The van der Waals surface area contributed by atoms with Crippen LogP contribution in [0.15, 0.2) is 60.1 Å². The molecule has 3 saturated heterocycles. The normalized spacial score (nSPS) is 23.1. The molecule has 30 heavy (non-hydrogen) atoms. The summed E-state index contributed by atoms with van der Waals surface area (Å²) in [6.45, 7) is 3.11. The second kappa shape index (κ2) is 7.95. The minimum atomic E-state index is 0.0322. The fourth-order valence-corrected chi connectivity index (χ4v) is 5.34. The summed E-state index contributed by atoms with van der Waals surface area (Å²) in [5, 5.41) is 6.97. The van der Waals surface area contributed by atoms with Gasteiger partial charge in [0.2, 0.25) is 0 Å². The first kappa shape index (κ1) is 19.4. The fourth-order valence-electron chi connectivity index (χ4n) is 4.68. The van der Waals surface area contributed by atoms with E-state index in [0.717, 1.165) is 30.8 Å². The molecule has 154 valence electrons. The Kier molecular flexibility index (Phi) is 5.15. The molecule has 1 unspecified atom stereocenters. The third-order valence-corrected chi connectivity index (χ3v) is 6.98. The van der Waals surface area contributed by atoms with Crippen LogP contribution in [-0.2, 0) is 6.54 Å². The lowest BCUT2D eigenvalue weighted by Crippen LogP contribution is -2.71. The Balaban J connectivity index is 1.24. The Hall–Kier alpha value is -2.54. The molecule has 3 atom stereocenters. The van der Waals surface area contributed by atoms with Crippen molar-refractivity contribution in [2.45, 2.75) is 24.5 Å². The Morgan fingerprint density at radius 1 is 1.07 bits per heavy atom. The monoisotopic (exact) mass is 418 g/mol. The molecular weight excluding hydrogens is 392 g/mol. The number of rotatable bonds is 5. The zero-order valence-electron chi connectivity index (χ0n) is 17.3. The van der Waals surface area contributed by atoms with Crippen LogP contribution in [0.3, 0.4) is 0 Å². The summed E-state index contributed by atoms with van der Waals surface area (Å²) < 4.78 is 0. The van der Waals surface area contributed by atoms with Crippen molar-refractivity contribution in [1.29, 1.82) is 0 Å². The topological polar surface area (TPSA) is 48.5 Å². The van der Waals surface area contributed by atoms with Crippen molar-refractivity contribution in [1.82, 2.24) is 20.1 Å². The second-order valence-corrected chi connectivity index (χ2v) is 9.40. The molecule has 3 fully saturated rings. The smallest absolute Gasteiger partial charge is 0.253 e. The number of piperidine rings is 1. The molecule has 6 rings (SSSR count). The summed E-state index contributed by atoms with van der Waals surface area (Å²) in [6, 6.07) is 17.9. The van der Waals surface area contributed by atoms with Crippen LogP contribution < -0.4 is 5.32 Å². The van der Waals surface area contributed by atoms with Gasteiger partial charge in [0.1, 0.15) is 5.01 Å². The van der Waals surface area contributed by atoms with Gasteiger partial charge in [-0.3, -0.25) is 9.69 Å². The third-order valence-electron chi connectivity index (χ3n) is 6.21. The average Bonchev–Trinajstić information content (AvgIpc) is 3.27. The van der Waals surface area contributed by atoms with Gasteiger partial charge >= 0.3 is 0 Å². The SMILES string of the molecule is CN(C)C(=O)c1ccc(-c2ccc(C3[C@@H]4CN(Cc5nccs5)C[C@H]3N4)cc2)cc1. The predicted octanol–water partition coefficient (Wildman–Crippen LogP) is 3.45. The highest BCUT2D eigenvalue weighted by atomic mass is 32.1. The summed E-state index contributed by atoms with van der Waals surface area (Å²) in [5.74, 6) is 0.622. The summed E-state index contributed by atoms with van der Waals surface area (Å²) in [4.78, 5) is 20.6. The molecule has 3 aromatic rings. The Morgan fingerprint density at radius 3 is 2.27 bits per heavy atom. The zero-order valence-corrected chi connectivity index (χ0v) is 18.1. The van der Waals surface area contributed by atoms with Crippen LogP contribution in [0.2, 0.25) is 0 Å². The number of amides is 1. The average molecular weight is 419 g/mol. The molecule has 1 aromatic heterocycles. The van der Waals surface area contributed by atoms with Crippen LogP contribution in [0.4, 0.5) is 0 Å². The van der Waals surface area contributed by atoms with E-state index < -0.39 is 0 Å². The molecule has 0 saturated carbocycles. The predicted molar refractivity (Wildman–Crippen MR) is 121 cm³/mol. The Labute approximate surface area is 181 Å². The van der Waals surface area contributed by atoms with Gasteiger partial charge in [0.15, 0.2) is 0 Å². The van der Waals surface area contributed by atoms with E-state index in [0.29, 0.717) is 18.0 Å². The number of piperazine rings is 1. The van der Waals surface area contributed by atoms with Crippen molar-refractivity contribution < 1.29 is 4.79 Å². The van der Waals surface area contributed by atoms with Gasteiger partial charge in [-0.25, -0.2) is 4.98 Å².